The normalized spacial score (nSPS) is 30.8. The van der Waals surface area contributed by atoms with Crippen LogP contribution in [-0.2, 0) is 0 Å². The quantitative estimate of drug-likeness (QED) is 0.323. The molecule has 5 rings (SSSR count). The van der Waals surface area contributed by atoms with Crippen LogP contribution >= 0.6 is 0 Å². The summed E-state index contributed by atoms with van der Waals surface area (Å²) in [6, 6.07) is 3.22. The van der Waals surface area contributed by atoms with Gasteiger partial charge in [0.1, 0.15) is 5.83 Å². The van der Waals surface area contributed by atoms with E-state index in [-0.39, 0.29) is 29.0 Å². The zero-order chi connectivity index (χ0) is 23.9. The molecule has 176 valence electrons. The van der Waals surface area contributed by atoms with E-state index in [0.717, 1.165) is 31.4 Å². The first-order valence-corrected chi connectivity index (χ1v) is 11.3. The van der Waals surface area contributed by atoms with Crippen molar-refractivity contribution in [1.29, 1.82) is 0 Å². The minimum atomic E-state index is -2.99. The van der Waals surface area contributed by atoms with Crippen LogP contribution < -0.4 is 5.32 Å². The number of hydrogen-bond acceptors (Lipinski definition) is 3. The highest BCUT2D eigenvalue weighted by molar-refractivity contribution is 6.11. The molecule has 2 N–H and O–H groups in total. The topological polar surface area (TPSA) is 66.4 Å². The molecule has 4 saturated carbocycles. The maximum absolute atomic E-state index is 14.1. The van der Waals surface area contributed by atoms with Crippen LogP contribution in [0.2, 0.25) is 0 Å². The summed E-state index contributed by atoms with van der Waals surface area (Å²) in [6.45, 7) is 5.11. The predicted molar refractivity (Wildman–Crippen MR) is 119 cm³/mol. The van der Waals surface area contributed by atoms with Crippen molar-refractivity contribution in [3.63, 3.8) is 0 Å². The fourth-order valence-electron chi connectivity index (χ4n) is 6.10. The van der Waals surface area contributed by atoms with Gasteiger partial charge in [0.05, 0.1) is 11.2 Å². The van der Waals surface area contributed by atoms with E-state index in [2.05, 4.69) is 11.9 Å². The standard InChI is InChI=1S/C26H28F3NO3/c1-3-4-5-21(27)14(2)23(31)16-6-7-19(20(10-16)24(28)29)25(32)30-22-17-8-15-9-18(22)13-26(33,11-15)12-17/h3-7,10,15,17-18,22,24,33H,2,8-9,11-13H2,1H3,(H,30,32)/b4-3-,21-5+/t15?,17?,18?,22-,26-. The van der Waals surface area contributed by atoms with Crippen molar-refractivity contribution in [2.45, 2.75) is 57.1 Å². The van der Waals surface area contributed by atoms with Gasteiger partial charge < -0.3 is 10.4 Å². The molecule has 0 saturated heterocycles. The van der Waals surface area contributed by atoms with E-state index in [1.165, 1.54) is 18.2 Å². The lowest BCUT2D eigenvalue weighted by Gasteiger charge is -2.58. The molecule has 33 heavy (non-hydrogen) atoms. The van der Waals surface area contributed by atoms with Crippen LogP contribution in [-0.4, -0.2) is 28.4 Å². The third-order valence-corrected chi connectivity index (χ3v) is 7.33. The van der Waals surface area contributed by atoms with Crippen LogP contribution in [0.25, 0.3) is 0 Å². The molecule has 0 aromatic heterocycles. The minimum Gasteiger partial charge on any atom is -0.390 e. The Balaban J connectivity index is 1.54. The molecule has 4 aliphatic carbocycles. The van der Waals surface area contributed by atoms with E-state index < -0.39 is 40.7 Å². The first-order valence-electron chi connectivity index (χ1n) is 11.3. The Hall–Kier alpha value is -2.67. The molecule has 7 heteroatoms. The summed E-state index contributed by atoms with van der Waals surface area (Å²) in [6.07, 6.45) is 4.94. The summed E-state index contributed by atoms with van der Waals surface area (Å²) < 4.78 is 41.7. The van der Waals surface area contributed by atoms with Crippen molar-refractivity contribution in [3.05, 3.63) is 71.1 Å². The SMILES string of the molecule is C=C(C(=O)c1ccc(C(=O)N[C@H]2C3CC4CC2C[C@](O)(C4)C3)c(C(F)F)c1)/C(F)=C\C=C/C. The Morgan fingerprint density at radius 3 is 2.45 bits per heavy atom. The average Bonchev–Trinajstić information content (AvgIpc) is 2.77. The van der Waals surface area contributed by atoms with E-state index in [9.17, 15) is 27.9 Å². The summed E-state index contributed by atoms with van der Waals surface area (Å²) in [5, 5.41) is 13.7. The Labute approximate surface area is 191 Å². The van der Waals surface area contributed by atoms with Gasteiger partial charge in [-0.2, -0.15) is 0 Å². The molecule has 2 unspecified atom stereocenters. The Morgan fingerprint density at radius 2 is 1.88 bits per heavy atom. The molecule has 4 nitrogen and oxygen atoms in total. The number of allylic oxidation sites excluding steroid dienone is 5. The van der Waals surface area contributed by atoms with Crippen LogP contribution in [0, 0.1) is 17.8 Å². The maximum atomic E-state index is 14.1. The van der Waals surface area contributed by atoms with Gasteiger partial charge >= 0.3 is 0 Å². The molecule has 0 spiro atoms. The molecule has 2 atom stereocenters. The Morgan fingerprint density at radius 1 is 1.21 bits per heavy atom. The van der Waals surface area contributed by atoms with Gasteiger partial charge in [-0.3, -0.25) is 9.59 Å². The maximum Gasteiger partial charge on any atom is 0.264 e. The first-order chi connectivity index (χ1) is 15.6. The van der Waals surface area contributed by atoms with Crippen LogP contribution in [0.1, 0.15) is 71.7 Å². The lowest BCUT2D eigenvalue weighted by atomic mass is 9.52. The third-order valence-electron chi connectivity index (χ3n) is 7.33. The van der Waals surface area contributed by atoms with Gasteiger partial charge in [-0.05, 0) is 75.0 Å². The molecule has 0 aliphatic heterocycles. The molecule has 1 amide bonds. The van der Waals surface area contributed by atoms with Gasteiger partial charge in [-0.25, -0.2) is 13.2 Å². The number of amides is 1. The van der Waals surface area contributed by atoms with E-state index >= 15 is 0 Å². The van der Waals surface area contributed by atoms with Gasteiger partial charge in [0.25, 0.3) is 12.3 Å². The van der Waals surface area contributed by atoms with E-state index in [1.807, 2.05) is 0 Å². The third kappa shape index (κ3) is 4.56. The number of Topliss-reactive ketones (excluding diaryl/α,β-unsaturated/α-hetero) is 1. The molecule has 1 aromatic carbocycles. The summed E-state index contributed by atoms with van der Waals surface area (Å²) in [7, 11) is 0. The minimum absolute atomic E-state index is 0.135. The lowest BCUT2D eigenvalue weighted by molar-refractivity contribution is -0.136. The number of alkyl halides is 2. The smallest absolute Gasteiger partial charge is 0.264 e. The lowest BCUT2D eigenvalue weighted by Crippen LogP contribution is -2.61. The molecule has 0 heterocycles. The van der Waals surface area contributed by atoms with Crippen LogP contribution in [0.5, 0.6) is 0 Å². The largest absolute Gasteiger partial charge is 0.390 e. The molecule has 0 radical (unpaired) electrons. The highest BCUT2D eigenvalue weighted by Gasteiger charge is 2.55. The predicted octanol–water partition coefficient (Wildman–Crippen LogP) is 5.46. The van der Waals surface area contributed by atoms with E-state index in [4.69, 9.17) is 0 Å². The number of ketones is 1. The summed E-state index contributed by atoms with van der Waals surface area (Å²) in [4.78, 5) is 25.5. The second-order valence-electron chi connectivity index (χ2n) is 9.64. The summed E-state index contributed by atoms with van der Waals surface area (Å²) in [5.41, 5.74) is -2.05. The second-order valence-corrected chi connectivity index (χ2v) is 9.64. The summed E-state index contributed by atoms with van der Waals surface area (Å²) in [5.74, 6) is -1.57. The van der Waals surface area contributed by atoms with Gasteiger partial charge in [-0.15, -0.1) is 0 Å². The first kappa shape index (κ1) is 23.5. The zero-order valence-electron chi connectivity index (χ0n) is 18.5. The number of carbonyl (C=O) groups excluding carboxylic acids is 2. The fraction of sp³-hybridized carbons (Fsp3) is 0.462. The van der Waals surface area contributed by atoms with E-state index in [1.54, 1.807) is 13.0 Å². The van der Waals surface area contributed by atoms with Crippen molar-refractivity contribution in [3.8, 4) is 0 Å². The highest BCUT2D eigenvalue weighted by atomic mass is 19.3. The van der Waals surface area contributed by atoms with Crippen molar-refractivity contribution in [1.82, 2.24) is 5.32 Å². The fourth-order valence-corrected chi connectivity index (χ4v) is 6.10. The van der Waals surface area contributed by atoms with Crippen LogP contribution in [0.4, 0.5) is 13.2 Å². The zero-order valence-corrected chi connectivity index (χ0v) is 18.5. The Bertz CT molecular complexity index is 1030. The molecular formula is C26H28F3NO3. The van der Waals surface area contributed by atoms with Gasteiger partial charge in [0.15, 0.2) is 5.78 Å². The number of aliphatic hydroxyl groups is 1. The van der Waals surface area contributed by atoms with Crippen molar-refractivity contribution in [2.24, 2.45) is 17.8 Å². The molecule has 1 aromatic rings. The summed E-state index contributed by atoms with van der Waals surface area (Å²) >= 11 is 0. The van der Waals surface area contributed by atoms with Crippen molar-refractivity contribution >= 4 is 11.7 Å². The molecule has 4 fully saturated rings. The number of benzene rings is 1. The number of rotatable bonds is 7. The monoisotopic (exact) mass is 459 g/mol. The van der Waals surface area contributed by atoms with Gasteiger partial charge in [0, 0.05) is 22.7 Å². The van der Waals surface area contributed by atoms with Crippen molar-refractivity contribution in [2.75, 3.05) is 0 Å². The van der Waals surface area contributed by atoms with Crippen LogP contribution in [0.15, 0.2) is 54.4 Å². The average molecular weight is 460 g/mol. The van der Waals surface area contributed by atoms with E-state index in [0.29, 0.717) is 18.8 Å². The van der Waals surface area contributed by atoms with Crippen molar-refractivity contribution < 1.29 is 27.9 Å². The highest BCUT2D eigenvalue weighted by Crippen LogP contribution is 2.55. The van der Waals surface area contributed by atoms with Gasteiger partial charge in [-0.1, -0.05) is 24.8 Å². The number of nitrogens with one attached hydrogen (secondary N) is 1. The van der Waals surface area contributed by atoms with Gasteiger partial charge in [0.2, 0.25) is 0 Å². The molecule has 4 aliphatic rings. The Kier molecular flexibility index (Phi) is 6.36. The number of carbonyl (C=O) groups is 2. The molecular weight excluding hydrogens is 431 g/mol. The second kappa shape index (κ2) is 8.93. The number of halogens is 3. The molecule has 4 bridgehead atoms. The van der Waals surface area contributed by atoms with Crippen LogP contribution in [0.3, 0.4) is 0 Å². The number of hydrogen-bond donors (Lipinski definition) is 2.